The van der Waals surface area contributed by atoms with Gasteiger partial charge < -0.3 is 5.11 Å². The predicted molar refractivity (Wildman–Crippen MR) is 118 cm³/mol. The number of hydrogen-bond donors (Lipinski definition) is 2. The molecule has 152 valence electrons. The highest BCUT2D eigenvalue weighted by Crippen LogP contribution is 2.35. The lowest BCUT2D eigenvalue weighted by atomic mass is 9.85. The van der Waals surface area contributed by atoms with Crippen LogP contribution in [0, 0.1) is 0 Å². The summed E-state index contributed by atoms with van der Waals surface area (Å²) in [5, 5.41) is 11.4. The van der Waals surface area contributed by atoms with Crippen molar-refractivity contribution in [3.05, 3.63) is 69.4 Å². The molecule has 0 bridgehead atoms. The highest BCUT2D eigenvalue weighted by Gasteiger charge is 2.25. The molecule has 1 aromatic heterocycles. The molecule has 0 fully saturated rings. The lowest BCUT2D eigenvalue weighted by Gasteiger charge is -2.22. The van der Waals surface area contributed by atoms with Crippen LogP contribution in [0.5, 0.6) is 0 Å². The number of rotatable bonds is 5. The van der Waals surface area contributed by atoms with Crippen molar-refractivity contribution in [2.75, 3.05) is 4.72 Å². The normalized spacial score (nSPS) is 12.0. The Kier molecular flexibility index (Phi) is 5.76. The van der Waals surface area contributed by atoms with Gasteiger partial charge >= 0.3 is 5.97 Å². The van der Waals surface area contributed by atoms with E-state index in [9.17, 15) is 18.3 Å². The fourth-order valence-electron chi connectivity index (χ4n) is 2.84. The van der Waals surface area contributed by atoms with Gasteiger partial charge in [0.2, 0.25) is 0 Å². The maximum Gasteiger partial charge on any atom is 0.348 e. The van der Waals surface area contributed by atoms with Crippen LogP contribution in [0.15, 0.2) is 58.8 Å². The minimum absolute atomic E-state index is 0.0458. The van der Waals surface area contributed by atoms with E-state index >= 15 is 0 Å². The zero-order chi connectivity index (χ0) is 21.4. The molecule has 0 saturated heterocycles. The maximum atomic E-state index is 13.2. The van der Waals surface area contributed by atoms with E-state index in [0.29, 0.717) is 16.1 Å². The van der Waals surface area contributed by atoms with Gasteiger partial charge in [-0.15, -0.1) is 11.3 Å². The topological polar surface area (TPSA) is 83.5 Å². The first-order valence-corrected chi connectivity index (χ1v) is 11.5. The van der Waals surface area contributed by atoms with E-state index in [4.69, 9.17) is 11.6 Å². The number of sulfonamides is 1. The summed E-state index contributed by atoms with van der Waals surface area (Å²) < 4.78 is 28.8. The smallest absolute Gasteiger partial charge is 0.348 e. The Hall–Kier alpha value is -2.35. The van der Waals surface area contributed by atoms with Gasteiger partial charge in [-0.1, -0.05) is 50.6 Å². The van der Waals surface area contributed by atoms with Gasteiger partial charge in [-0.25, -0.2) is 13.2 Å². The first-order valence-electron chi connectivity index (χ1n) is 8.73. The van der Waals surface area contributed by atoms with Crippen LogP contribution in [-0.2, 0) is 15.4 Å². The molecule has 0 radical (unpaired) electrons. The van der Waals surface area contributed by atoms with E-state index in [0.717, 1.165) is 16.9 Å². The van der Waals surface area contributed by atoms with Gasteiger partial charge in [0.1, 0.15) is 4.88 Å². The summed E-state index contributed by atoms with van der Waals surface area (Å²) in [7, 11) is -4.03. The summed E-state index contributed by atoms with van der Waals surface area (Å²) in [5.74, 6) is -1.18. The fourth-order valence-corrected chi connectivity index (χ4v) is 5.00. The Morgan fingerprint density at radius 2 is 1.72 bits per heavy atom. The van der Waals surface area contributed by atoms with Crippen molar-refractivity contribution in [2.45, 2.75) is 31.1 Å². The van der Waals surface area contributed by atoms with Gasteiger partial charge in [-0.3, -0.25) is 4.72 Å². The van der Waals surface area contributed by atoms with Gasteiger partial charge in [0.25, 0.3) is 10.0 Å². The molecule has 1 heterocycles. The summed E-state index contributed by atoms with van der Waals surface area (Å²) in [6, 6.07) is 13.5. The van der Waals surface area contributed by atoms with Gasteiger partial charge in [-0.2, -0.15) is 0 Å². The summed E-state index contributed by atoms with van der Waals surface area (Å²) in [5.41, 5.74) is 2.06. The van der Waals surface area contributed by atoms with E-state index in [1.807, 2.05) is 26.8 Å². The number of nitrogens with one attached hydrogen (secondary N) is 1. The van der Waals surface area contributed by atoms with E-state index in [1.165, 1.54) is 11.4 Å². The maximum absolute atomic E-state index is 13.2. The predicted octanol–water partition coefficient (Wildman–Crippen LogP) is 5.87. The number of halogens is 1. The number of carboxylic acid groups (broad SMARTS) is 1. The molecule has 2 N–H and O–H groups in total. The minimum atomic E-state index is -4.03. The highest BCUT2D eigenvalue weighted by molar-refractivity contribution is 7.92. The molecule has 8 heteroatoms. The van der Waals surface area contributed by atoms with E-state index in [1.54, 1.807) is 36.4 Å². The van der Waals surface area contributed by atoms with E-state index in [2.05, 4.69) is 4.72 Å². The number of aromatic carboxylic acids is 1. The first kappa shape index (κ1) is 21.4. The van der Waals surface area contributed by atoms with Crippen molar-refractivity contribution in [1.29, 1.82) is 0 Å². The molecule has 29 heavy (non-hydrogen) atoms. The number of benzene rings is 2. The quantitative estimate of drug-likeness (QED) is 0.510. The fraction of sp³-hybridized carbons (Fsp3) is 0.190. The first-order chi connectivity index (χ1) is 13.5. The van der Waals surface area contributed by atoms with Crippen molar-refractivity contribution in [3.63, 3.8) is 0 Å². The Morgan fingerprint density at radius 1 is 1.07 bits per heavy atom. The lowest BCUT2D eigenvalue weighted by molar-refractivity contribution is 0.0703. The Morgan fingerprint density at radius 3 is 2.31 bits per heavy atom. The third-order valence-corrected chi connectivity index (χ3v) is 6.97. The van der Waals surface area contributed by atoms with E-state index in [-0.39, 0.29) is 20.9 Å². The molecule has 0 unspecified atom stereocenters. The molecule has 3 aromatic rings. The number of anilines is 1. The second-order valence-corrected chi connectivity index (χ2v) is 10.5. The molecule has 5 nitrogen and oxygen atoms in total. The van der Waals surface area contributed by atoms with Gasteiger partial charge in [0, 0.05) is 10.6 Å². The molecule has 0 spiro atoms. The molecule has 0 amide bonds. The third-order valence-electron chi connectivity index (χ3n) is 4.39. The highest BCUT2D eigenvalue weighted by atomic mass is 35.5. The number of thiophene rings is 1. The molecular weight excluding hydrogens is 430 g/mol. The molecule has 0 atom stereocenters. The average molecular weight is 450 g/mol. The molecule has 0 aliphatic rings. The van der Waals surface area contributed by atoms with Crippen molar-refractivity contribution in [1.82, 2.24) is 0 Å². The number of carboxylic acids is 1. The molecule has 0 aliphatic heterocycles. The summed E-state index contributed by atoms with van der Waals surface area (Å²) in [6.07, 6.45) is 0. The second kappa shape index (κ2) is 7.82. The average Bonchev–Trinajstić information content (AvgIpc) is 3.09. The molecule has 3 rings (SSSR count). The summed E-state index contributed by atoms with van der Waals surface area (Å²) in [4.78, 5) is 11.3. The monoisotopic (exact) mass is 449 g/mol. The van der Waals surface area contributed by atoms with Crippen molar-refractivity contribution in [3.8, 4) is 11.1 Å². The third kappa shape index (κ3) is 4.63. The van der Waals surface area contributed by atoms with Crippen LogP contribution in [0.25, 0.3) is 11.1 Å². The van der Waals surface area contributed by atoms with Gasteiger partial charge in [0.05, 0.1) is 10.6 Å². The lowest BCUT2D eigenvalue weighted by Crippen LogP contribution is -2.17. The van der Waals surface area contributed by atoms with Crippen LogP contribution in [0.1, 0.15) is 36.0 Å². The van der Waals surface area contributed by atoms with Crippen LogP contribution in [0.4, 0.5) is 5.69 Å². The van der Waals surface area contributed by atoms with Crippen LogP contribution >= 0.6 is 22.9 Å². The molecule has 0 saturated carbocycles. The number of carbonyl (C=O) groups is 1. The minimum Gasteiger partial charge on any atom is -0.477 e. The zero-order valence-corrected chi connectivity index (χ0v) is 18.5. The standard InChI is InChI=1S/C21H20ClNO4S2/c1-21(2,3)14-6-9-18(16(12-14)13-4-7-15(22)8-5-13)29(26,27)23-17-10-11-28-19(17)20(24)25/h4-12,23H,1-3H3,(H,24,25). The second-order valence-electron chi connectivity index (χ2n) is 7.54. The Balaban J connectivity index is 2.15. The SMILES string of the molecule is CC(C)(C)c1ccc(S(=O)(=O)Nc2ccsc2C(=O)O)c(-c2ccc(Cl)cc2)c1. The zero-order valence-electron chi connectivity index (χ0n) is 16.1. The van der Waals surface area contributed by atoms with E-state index < -0.39 is 16.0 Å². The Bertz CT molecular complexity index is 1160. The Labute approximate surface area is 179 Å². The molecular formula is C21H20ClNO4S2. The van der Waals surface area contributed by atoms with Crippen molar-refractivity contribution >= 4 is 44.6 Å². The van der Waals surface area contributed by atoms with Gasteiger partial charge in [0.15, 0.2) is 0 Å². The van der Waals surface area contributed by atoms with Crippen LogP contribution in [0.2, 0.25) is 5.02 Å². The van der Waals surface area contributed by atoms with Crippen LogP contribution in [0.3, 0.4) is 0 Å². The summed E-state index contributed by atoms with van der Waals surface area (Å²) >= 11 is 6.95. The largest absolute Gasteiger partial charge is 0.477 e. The molecule has 0 aliphatic carbocycles. The summed E-state index contributed by atoms with van der Waals surface area (Å²) in [6.45, 7) is 6.14. The van der Waals surface area contributed by atoms with Crippen molar-refractivity contribution < 1.29 is 18.3 Å². The number of hydrogen-bond acceptors (Lipinski definition) is 4. The van der Waals surface area contributed by atoms with Crippen molar-refractivity contribution in [2.24, 2.45) is 0 Å². The molecule has 2 aromatic carbocycles. The van der Waals surface area contributed by atoms with Crippen LogP contribution < -0.4 is 4.72 Å². The van der Waals surface area contributed by atoms with Gasteiger partial charge in [-0.05, 0) is 52.3 Å². The van der Waals surface area contributed by atoms with Crippen LogP contribution in [-0.4, -0.2) is 19.5 Å².